The van der Waals surface area contributed by atoms with Crippen molar-refractivity contribution < 1.29 is 19.4 Å². The van der Waals surface area contributed by atoms with Gasteiger partial charge < -0.3 is 19.7 Å². The summed E-state index contributed by atoms with van der Waals surface area (Å²) in [6.07, 6.45) is 2.65. The third kappa shape index (κ3) is 3.19. The number of aromatic nitrogens is 1. The van der Waals surface area contributed by atoms with Gasteiger partial charge in [0.2, 0.25) is 5.43 Å². The number of carbonyl (C=O) groups is 2. The van der Waals surface area contributed by atoms with E-state index in [0.29, 0.717) is 19.8 Å². The van der Waals surface area contributed by atoms with E-state index in [9.17, 15) is 14.4 Å². The van der Waals surface area contributed by atoms with Crippen molar-refractivity contribution in [3.05, 3.63) is 33.7 Å². The van der Waals surface area contributed by atoms with Gasteiger partial charge >= 0.3 is 5.97 Å². The summed E-state index contributed by atoms with van der Waals surface area (Å²) < 4.78 is 6.66. The molecule has 0 spiro atoms. The molecular formula is C15H20N2O5. The van der Waals surface area contributed by atoms with Gasteiger partial charge in [-0.15, -0.1) is 0 Å². The van der Waals surface area contributed by atoms with Crippen LogP contribution in [0.15, 0.2) is 17.2 Å². The lowest BCUT2D eigenvalue weighted by atomic mass is 9.88. The number of aromatic carboxylic acids is 1. The second kappa shape index (κ2) is 5.92. The summed E-state index contributed by atoms with van der Waals surface area (Å²) in [5.74, 6) is -1.90. The van der Waals surface area contributed by atoms with Crippen molar-refractivity contribution >= 4 is 11.9 Å². The van der Waals surface area contributed by atoms with E-state index in [1.807, 2.05) is 20.8 Å². The lowest BCUT2D eigenvalue weighted by Crippen LogP contribution is -2.49. The minimum atomic E-state index is -1.34. The Balaban J connectivity index is 2.30. The topological polar surface area (TPSA) is 97.6 Å². The van der Waals surface area contributed by atoms with Crippen molar-refractivity contribution in [2.75, 3.05) is 19.8 Å². The molecule has 1 saturated heterocycles. The van der Waals surface area contributed by atoms with Crippen LogP contribution in [0.4, 0.5) is 0 Å². The van der Waals surface area contributed by atoms with Gasteiger partial charge in [0.15, 0.2) is 0 Å². The predicted octanol–water partition coefficient (Wildman–Crippen LogP) is 0.894. The van der Waals surface area contributed by atoms with Gasteiger partial charge in [0.1, 0.15) is 11.1 Å². The minimum Gasteiger partial charge on any atom is -0.477 e. The first kappa shape index (κ1) is 16.2. The van der Waals surface area contributed by atoms with Crippen LogP contribution in [0.2, 0.25) is 0 Å². The molecule has 1 aromatic rings. The van der Waals surface area contributed by atoms with Crippen molar-refractivity contribution in [1.29, 1.82) is 0 Å². The number of carboxylic acids is 1. The maximum Gasteiger partial charge on any atom is 0.341 e. The molecule has 7 nitrogen and oxygen atoms in total. The number of hydrogen-bond donors (Lipinski definition) is 2. The van der Waals surface area contributed by atoms with Crippen molar-refractivity contribution in [2.45, 2.75) is 26.8 Å². The highest BCUT2D eigenvalue weighted by Crippen LogP contribution is 2.25. The van der Waals surface area contributed by atoms with Crippen LogP contribution in [-0.4, -0.2) is 41.3 Å². The molecule has 0 bridgehead atoms. The van der Waals surface area contributed by atoms with Crippen molar-refractivity contribution in [3.63, 3.8) is 0 Å². The van der Waals surface area contributed by atoms with Crippen molar-refractivity contribution in [1.82, 2.24) is 9.88 Å². The van der Waals surface area contributed by atoms with Gasteiger partial charge in [-0.1, -0.05) is 6.92 Å². The molecule has 0 radical (unpaired) electrons. The molecule has 0 aliphatic carbocycles. The van der Waals surface area contributed by atoms with Crippen LogP contribution in [0, 0.1) is 5.41 Å². The normalized spacial score (nSPS) is 16.2. The number of nitrogens with one attached hydrogen (secondary N) is 1. The van der Waals surface area contributed by atoms with Gasteiger partial charge in [-0.3, -0.25) is 9.59 Å². The molecule has 0 unspecified atom stereocenters. The van der Waals surface area contributed by atoms with E-state index in [4.69, 9.17) is 9.84 Å². The Labute approximate surface area is 127 Å². The van der Waals surface area contributed by atoms with Crippen molar-refractivity contribution in [3.8, 4) is 0 Å². The van der Waals surface area contributed by atoms with E-state index < -0.39 is 22.9 Å². The fraction of sp³-hybridized carbons (Fsp3) is 0.533. The minimum absolute atomic E-state index is 0.0669. The summed E-state index contributed by atoms with van der Waals surface area (Å²) in [6, 6.07) is -0.0669. The van der Waals surface area contributed by atoms with Gasteiger partial charge in [-0.05, 0) is 13.8 Å². The molecule has 120 valence electrons. The Bertz CT molecular complexity index is 658. The van der Waals surface area contributed by atoms with Crippen LogP contribution in [0.1, 0.15) is 47.5 Å². The number of rotatable bonds is 5. The molecule has 2 N–H and O–H groups in total. The molecule has 1 fully saturated rings. The maximum absolute atomic E-state index is 12.2. The zero-order chi connectivity index (χ0) is 16.5. The van der Waals surface area contributed by atoms with Crippen LogP contribution in [0.25, 0.3) is 0 Å². The first-order valence-corrected chi connectivity index (χ1v) is 7.08. The lowest BCUT2D eigenvalue weighted by Gasteiger charge is -2.38. The Hall–Kier alpha value is -2.15. The Morgan fingerprint density at radius 1 is 1.36 bits per heavy atom. The molecule has 1 aliphatic heterocycles. The van der Waals surface area contributed by atoms with E-state index in [-0.39, 0.29) is 17.0 Å². The number of carboxylic acid groups (broad SMARTS) is 1. The van der Waals surface area contributed by atoms with Gasteiger partial charge in [-0.2, -0.15) is 0 Å². The fourth-order valence-electron chi connectivity index (χ4n) is 2.15. The summed E-state index contributed by atoms with van der Waals surface area (Å²) in [7, 11) is 0. The van der Waals surface area contributed by atoms with E-state index in [2.05, 4.69) is 5.32 Å². The largest absolute Gasteiger partial charge is 0.477 e. The molecule has 0 atom stereocenters. The van der Waals surface area contributed by atoms with E-state index in [0.717, 1.165) is 0 Å². The molecule has 2 heterocycles. The zero-order valence-corrected chi connectivity index (χ0v) is 12.9. The SMILES string of the molecule is CC(C)n1cc(C(=O)O)c(=O)c(C(=O)NCC2(C)COC2)c1. The predicted molar refractivity (Wildman–Crippen MR) is 79.3 cm³/mol. The Kier molecular flexibility index (Phi) is 4.37. The molecule has 22 heavy (non-hydrogen) atoms. The average molecular weight is 308 g/mol. The van der Waals surface area contributed by atoms with Crippen LogP contribution >= 0.6 is 0 Å². The quantitative estimate of drug-likeness (QED) is 0.842. The summed E-state index contributed by atoms with van der Waals surface area (Å²) in [4.78, 5) is 35.6. The molecule has 2 rings (SSSR count). The molecular weight excluding hydrogens is 288 g/mol. The monoisotopic (exact) mass is 308 g/mol. The number of ether oxygens (including phenoxy) is 1. The van der Waals surface area contributed by atoms with Gasteiger partial charge in [0.05, 0.1) is 13.2 Å². The number of pyridine rings is 1. The third-order valence-electron chi connectivity index (χ3n) is 3.69. The Morgan fingerprint density at radius 2 is 1.95 bits per heavy atom. The molecule has 0 saturated carbocycles. The third-order valence-corrected chi connectivity index (χ3v) is 3.69. The highest BCUT2D eigenvalue weighted by molar-refractivity contribution is 5.96. The van der Waals surface area contributed by atoms with Crippen LogP contribution in [0.3, 0.4) is 0 Å². The highest BCUT2D eigenvalue weighted by Gasteiger charge is 2.34. The maximum atomic E-state index is 12.2. The standard InChI is InChI=1S/C15H20N2O5/c1-9(2)17-4-10(12(18)11(5-17)14(20)21)13(19)16-6-15(3)7-22-8-15/h4-5,9H,6-8H2,1-3H3,(H,16,19)(H,20,21). The van der Waals surface area contributed by atoms with Crippen molar-refractivity contribution in [2.24, 2.45) is 5.41 Å². The Morgan fingerprint density at radius 3 is 2.41 bits per heavy atom. The molecule has 0 aromatic carbocycles. The first-order valence-electron chi connectivity index (χ1n) is 7.08. The van der Waals surface area contributed by atoms with Crippen LogP contribution in [0.5, 0.6) is 0 Å². The first-order chi connectivity index (χ1) is 10.2. The molecule has 1 aliphatic rings. The average Bonchev–Trinajstić information content (AvgIpc) is 2.42. The zero-order valence-electron chi connectivity index (χ0n) is 12.9. The molecule has 7 heteroatoms. The summed E-state index contributed by atoms with van der Waals surface area (Å²) in [5.41, 5.74) is -1.45. The summed E-state index contributed by atoms with van der Waals surface area (Å²) in [5, 5.41) is 11.8. The number of nitrogens with zero attached hydrogens (tertiary/aromatic N) is 1. The van der Waals surface area contributed by atoms with E-state index in [1.165, 1.54) is 12.4 Å². The molecule has 1 amide bonds. The highest BCUT2D eigenvalue weighted by atomic mass is 16.5. The summed E-state index contributed by atoms with van der Waals surface area (Å²) >= 11 is 0. The van der Waals surface area contributed by atoms with Crippen LogP contribution in [-0.2, 0) is 4.74 Å². The fourth-order valence-corrected chi connectivity index (χ4v) is 2.15. The van der Waals surface area contributed by atoms with E-state index in [1.54, 1.807) is 4.57 Å². The second-order valence-electron chi connectivity index (χ2n) is 6.25. The number of amides is 1. The van der Waals surface area contributed by atoms with Gasteiger partial charge in [-0.25, -0.2) is 4.79 Å². The van der Waals surface area contributed by atoms with Gasteiger partial charge in [0, 0.05) is 30.4 Å². The van der Waals surface area contributed by atoms with Crippen LogP contribution < -0.4 is 10.7 Å². The second-order valence-corrected chi connectivity index (χ2v) is 6.25. The van der Waals surface area contributed by atoms with Gasteiger partial charge in [0.25, 0.3) is 5.91 Å². The number of hydrogen-bond acceptors (Lipinski definition) is 4. The number of carbonyl (C=O) groups excluding carboxylic acids is 1. The lowest BCUT2D eigenvalue weighted by molar-refractivity contribution is -0.0978. The molecule has 1 aromatic heterocycles. The summed E-state index contributed by atoms with van der Waals surface area (Å²) in [6.45, 7) is 7.13. The smallest absolute Gasteiger partial charge is 0.341 e. The van der Waals surface area contributed by atoms with E-state index >= 15 is 0 Å².